The SMILES string of the molecule is CN(Cc1ccoc1)CC1Cc2nc[nH]c2CN1. The molecule has 0 radical (unpaired) electrons. The van der Waals surface area contributed by atoms with E-state index < -0.39 is 0 Å². The van der Waals surface area contributed by atoms with Crippen LogP contribution >= 0.6 is 0 Å². The lowest BCUT2D eigenvalue weighted by Gasteiger charge is -2.27. The number of furan rings is 1. The highest BCUT2D eigenvalue weighted by atomic mass is 16.3. The van der Waals surface area contributed by atoms with Crippen LogP contribution in [0.25, 0.3) is 0 Å². The van der Waals surface area contributed by atoms with Gasteiger partial charge >= 0.3 is 0 Å². The Morgan fingerprint density at radius 3 is 3.33 bits per heavy atom. The van der Waals surface area contributed by atoms with Gasteiger partial charge in [0.1, 0.15) is 0 Å². The van der Waals surface area contributed by atoms with E-state index in [9.17, 15) is 0 Å². The zero-order valence-electron chi connectivity index (χ0n) is 10.5. The van der Waals surface area contributed by atoms with E-state index in [1.54, 1.807) is 18.9 Å². The van der Waals surface area contributed by atoms with Crippen molar-refractivity contribution in [2.75, 3.05) is 13.6 Å². The highest BCUT2D eigenvalue weighted by Crippen LogP contribution is 2.13. The van der Waals surface area contributed by atoms with Crippen molar-refractivity contribution in [2.45, 2.75) is 25.6 Å². The molecule has 1 atom stereocenters. The maximum atomic E-state index is 5.09. The number of hydrogen-bond donors (Lipinski definition) is 2. The molecule has 0 bridgehead atoms. The van der Waals surface area contributed by atoms with E-state index in [0.717, 1.165) is 26.1 Å². The zero-order valence-corrected chi connectivity index (χ0v) is 10.5. The van der Waals surface area contributed by atoms with E-state index in [1.165, 1.54) is 17.0 Å². The highest BCUT2D eigenvalue weighted by molar-refractivity contribution is 5.16. The van der Waals surface area contributed by atoms with Crippen molar-refractivity contribution in [3.63, 3.8) is 0 Å². The minimum Gasteiger partial charge on any atom is -0.472 e. The third kappa shape index (κ3) is 2.47. The van der Waals surface area contributed by atoms with E-state index >= 15 is 0 Å². The molecule has 0 fully saturated rings. The van der Waals surface area contributed by atoms with Gasteiger partial charge in [-0.05, 0) is 13.1 Å². The quantitative estimate of drug-likeness (QED) is 0.849. The van der Waals surface area contributed by atoms with Crippen molar-refractivity contribution in [3.8, 4) is 0 Å². The molecular weight excluding hydrogens is 228 g/mol. The number of aromatic amines is 1. The molecule has 0 saturated carbocycles. The first kappa shape index (κ1) is 11.5. The van der Waals surface area contributed by atoms with Crippen LogP contribution in [0.2, 0.25) is 0 Å². The summed E-state index contributed by atoms with van der Waals surface area (Å²) in [5.41, 5.74) is 3.65. The Labute approximate surface area is 106 Å². The first-order chi connectivity index (χ1) is 8.81. The van der Waals surface area contributed by atoms with Crippen LogP contribution in [0.1, 0.15) is 17.0 Å². The standard InChI is InChI=1S/C13H18N4O/c1-17(6-10-2-3-18-8-10)7-11-4-12-13(5-14-11)16-9-15-12/h2-3,8-9,11,14H,4-7H2,1H3,(H,15,16). The van der Waals surface area contributed by atoms with Crippen LogP contribution in [-0.2, 0) is 19.5 Å². The summed E-state index contributed by atoms with van der Waals surface area (Å²) in [5.74, 6) is 0. The van der Waals surface area contributed by atoms with E-state index in [2.05, 4.69) is 27.2 Å². The Morgan fingerprint density at radius 2 is 2.50 bits per heavy atom. The van der Waals surface area contributed by atoms with E-state index in [0.29, 0.717) is 6.04 Å². The molecule has 18 heavy (non-hydrogen) atoms. The van der Waals surface area contributed by atoms with E-state index in [1.807, 2.05) is 6.07 Å². The highest BCUT2D eigenvalue weighted by Gasteiger charge is 2.20. The van der Waals surface area contributed by atoms with Crippen molar-refractivity contribution in [3.05, 3.63) is 41.9 Å². The molecule has 0 aromatic carbocycles. The Bertz CT molecular complexity index is 491. The van der Waals surface area contributed by atoms with Crippen molar-refractivity contribution in [2.24, 2.45) is 0 Å². The molecule has 2 aromatic rings. The molecule has 0 spiro atoms. The fraction of sp³-hybridized carbons (Fsp3) is 0.462. The average Bonchev–Trinajstić information content (AvgIpc) is 2.98. The van der Waals surface area contributed by atoms with Crippen molar-refractivity contribution in [1.29, 1.82) is 0 Å². The van der Waals surface area contributed by atoms with E-state index in [-0.39, 0.29) is 0 Å². The lowest BCUT2D eigenvalue weighted by molar-refractivity contribution is 0.272. The molecule has 96 valence electrons. The van der Waals surface area contributed by atoms with Crippen LogP contribution in [0.5, 0.6) is 0 Å². The van der Waals surface area contributed by atoms with Crippen LogP contribution < -0.4 is 5.32 Å². The van der Waals surface area contributed by atoms with Crippen molar-refractivity contribution >= 4 is 0 Å². The van der Waals surface area contributed by atoms with Gasteiger partial charge in [-0.3, -0.25) is 0 Å². The van der Waals surface area contributed by atoms with Gasteiger partial charge in [-0.25, -0.2) is 4.98 Å². The van der Waals surface area contributed by atoms with Gasteiger partial charge in [-0.15, -0.1) is 0 Å². The zero-order chi connectivity index (χ0) is 12.4. The molecule has 0 saturated heterocycles. The van der Waals surface area contributed by atoms with Crippen LogP contribution in [0.4, 0.5) is 0 Å². The minimum absolute atomic E-state index is 0.470. The summed E-state index contributed by atoms with van der Waals surface area (Å²) >= 11 is 0. The number of nitrogens with zero attached hydrogens (tertiary/aromatic N) is 2. The third-order valence-electron chi connectivity index (χ3n) is 3.38. The largest absolute Gasteiger partial charge is 0.472 e. The molecule has 5 nitrogen and oxygen atoms in total. The predicted molar refractivity (Wildman–Crippen MR) is 68.0 cm³/mol. The molecule has 0 aliphatic carbocycles. The Hall–Kier alpha value is -1.59. The smallest absolute Gasteiger partial charge is 0.0947 e. The number of aromatic nitrogens is 2. The normalized spacial score (nSPS) is 19.1. The minimum atomic E-state index is 0.470. The second-order valence-electron chi connectivity index (χ2n) is 4.94. The first-order valence-electron chi connectivity index (χ1n) is 6.25. The van der Waals surface area contributed by atoms with Gasteiger partial charge < -0.3 is 19.6 Å². The number of rotatable bonds is 4. The average molecular weight is 246 g/mol. The number of imidazole rings is 1. The molecule has 0 amide bonds. The van der Waals surface area contributed by atoms with Crippen molar-refractivity contribution < 1.29 is 4.42 Å². The van der Waals surface area contributed by atoms with Crippen molar-refractivity contribution in [1.82, 2.24) is 20.2 Å². The summed E-state index contributed by atoms with van der Waals surface area (Å²) in [6, 6.07) is 2.48. The topological polar surface area (TPSA) is 57.1 Å². The van der Waals surface area contributed by atoms with Crippen LogP contribution in [0, 0.1) is 0 Å². The predicted octanol–water partition coefficient (Wildman–Crippen LogP) is 1.15. The Kier molecular flexibility index (Phi) is 3.17. The second-order valence-corrected chi connectivity index (χ2v) is 4.94. The molecule has 2 aromatic heterocycles. The second kappa shape index (κ2) is 4.96. The van der Waals surface area contributed by atoms with Gasteiger partial charge in [0.05, 0.1) is 30.2 Å². The van der Waals surface area contributed by atoms with Gasteiger partial charge in [0.15, 0.2) is 0 Å². The van der Waals surface area contributed by atoms with Gasteiger partial charge in [0.25, 0.3) is 0 Å². The van der Waals surface area contributed by atoms with Gasteiger partial charge in [-0.2, -0.15) is 0 Å². The van der Waals surface area contributed by atoms with Gasteiger partial charge in [0.2, 0.25) is 0 Å². The van der Waals surface area contributed by atoms with Gasteiger partial charge in [0, 0.05) is 37.7 Å². The third-order valence-corrected chi connectivity index (χ3v) is 3.38. The number of hydrogen-bond acceptors (Lipinski definition) is 4. The number of likely N-dealkylation sites (N-methyl/N-ethyl adjacent to an activating group) is 1. The maximum absolute atomic E-state index is 5.09. The number of nitrogens with one attached hydrogen (secondary N) is 2. The molecule has 1 aliphatic rings. The lowest BCUT2D eigenvalue weighted by Crippen LogP contribution is -2.43. The summed E-state index contributed by atoms with van der Waals surface area (Å²) < 4.78 is 5.09. The monoisotopic (exact) mass is 246 g/mol. The molecule has 3 heterocycles. The van der Waals surface area contributed by atoms with E-state index in [4.69, 9.17) is 4.42 Å². The molecule has 2 N–H and O–H groups in total. The molecular formula is C13H18N4O. The fourth-order valence-electron chi connectivity index (χ4n) is 2.49. The van der Waals surface area contributed by atoms with Crippen LogP contribution in [0.15, 0.2) is 29.3 Å². The summed E-state index contributed by atoms with van der Waals surface area (Å²) in [6.45, 7) is 2.82. The number of fused-ring (bicyclic) bond motifs is 1. The Morgan fingerprint density at radius 1 is 1.56 bits per heavy atom. The summed E-state index contributed by atoms with van der Waals surface area (Å²) in [4.78, 5) is 9.83. The summed E-state index contributed by atoms with van der Waals surface area (Å²) in [7, 11) is 2.13. The number of H-pyrrole nitrogens is 1. The first-order valence-corrected chi connectivity index (χ1v) is 6.25. The summed E-state index contributed by atoms with van der Waals surface area (Å²) in [6.07, 6.45) is 6.30. The molecule has 1 unspecified atom stereocenters. The molecule has 3 rings (SSSR count). The summed E-state index contributed by atoms with van der Waals surface area (Å²) in [5, 5.41) is 3.54. The van der Waals surface area contributed by atoms with Crippen LogP contribution in [0.3, 0.4) is 0 Å². The van der Waals surface area contributed by atoms with Crippen LogP contribution in [-0.4, -0.2) is 34.5 Å². The molecule has 1 aliphatic heterocycles. The fourth-order valence-corrected chi connectivity index (χ4v) is 2.49. The Balaban J connectivity index is 1.54. The molecule has 5 heteroatoms. The van der Waals surface area contributed by atoms with Gasteiger partial charge in [-0.1, -0.05) is 0 Å². The lowest BCUT2D eigenvalue weighted by atomic mass is 10.1. The maximum Gasteiger partial charge on any atom is 0.0947 e.